The number of methoxy groups -OCH3 is 1. The van der Waals surface area contributed by atoms with Crippen LogP contribution in [0, 0.1) is 5.82 Å². The molecule has 0 aliphatic heterocycles. The number of ether oxygens (including phenoxy) is 2. The van der Waals surface area contributed by atoms with Gasteiger partial charge in [-0.3, -0.25) is 0 Å². The molecule has 0 unspecified atom stereocenters. The van der Waals surface area contributed by atoms with E-state index in [0.717, 1.165) is 6.07 Å². The van der Waals surface area contributed by atoms with Crippen molar-refractivity contribution in [2.24, 2.45) is 0 Å². The summed E-state index contributed by atoms with van der Waals surface area (Å²) in [5.74, 6) is -0.699. The first-order chi connectivity index (χ1) is 9.99. The largest absolute Gasteiger partial charge is 0.497 e. The maximum atomic E-state index is 13.6. The summed E-state index contributed by atoms with van der Waals surface area (Å²) in [6.45, 7) is -0.195. The van der Waals surface area contributed by atoms with Gasteiger partial charge < -0.3 is 15.2 Å². The predicted molar refractivity (Wildman–Crippen MR) is 77.9 cm³/mol. The molecule has 2 aromatic carbocycles. The van der Waals surface area contributed by atoms with Gasteiger partial charge in [0.05, 0.1) is 12.7 Å². The summed E-state index contributed by atoms with van der Waals surface area (Å²) >= 11 is 5.65. The van der Waals surface area contributed by atoms with Gasteiger partial charge in [0.15, 0.2) is 0 Å². The van der Waals surface area contributed by atoms with E-state index < -0.39 is 11.8 Å². The van der Waals surface area contributed by atoms with Crippen molar-refractivity contribution in [2.75, 3.05) is 12.8 Å². The number of anilines is 1. The summed E-state index contributed by atoms with van der Waals surface area (Å²) in [7, 11) is 1.47. The topological polar surface area (TPSA) is 61.5 Å². The van der Waals surface area contributed by atoms with Gasteiger partial charge in [-0.25, -0.2) is 9.18 Å². The lowest BCUT2D eigenvalue weighted by Gasteiger charge is -2.08. The van der Waals surface area contributed by atoms with Crippen LogP contribution in [0.2, 0.25) is 5.02 Å². The third-order valence-electron chi connectivity index (χ3n) is 2.77. The molecule has 0 heterocycles. The molecule has 6 heteroatoms. The number of halogens is 2. The maximum Gasteiger partial charge on any atom is 0.338 e. The number of carbonyl (C=O) groups is 1. The fourth-order valence-electron chi connectivity index (χ4n) is 1.72. The summed E-state index contributed by atoms with van der Waals surface area (Å²) < 4.78 is 23.6. The number of carbonyl (C=O) groups excluding carboxylic acids is 1. The van der Waals surface area contributed by atoms with E-state index in [0.29, 0.717) is 11.4 Å². The molecule has 21 heavy (non-hydrogen) atoms. The molecule has 0 saturated carbocycles. The van der Waals surface area contributed by atoms with Crippen molar-refractivity contribution >= 4 is 23.3 Å². The molecular formula is C15H13ClFNO3. The Morgan fingerprint density at radius 3 is 2.71 bits per heavy atom. The number of rotatable bonds is 4. The van der Waals surface area contributed by atoms with Gasteiger partial charge in [0, 0.05) is 22.3 Å². The third-order valence-corrected chi connectivity index (χ3v) is 3.01. The van der Waals surface area contributed by atoms with Crippen molar-refractivity contribution in [3.05, 3.63) is 58.4 Å². The average molecular weight is 310 g/mol. The Hall–Kier alpha value is -2.27. The first-order valence-corrected chi connectivity index (χ1v) is 6.43. The van der Waals surface area contributed by atoms with Crippen LogP contribution < -0.4 is 10.5 Å². The zero-order chi connectivity index (χ0) is 15.4. The highest BCUT2D eigenvalue weighted by Gasteiger charge is 2.12. The molecule has 2 aromatic rings. The van der Waals surface area contributed by atoms with E-state index >= 15 is 0 Å². The zero-order valence-corrected chi connectivity index (χ0v) is 12.0. The molecule has 0 saturated heterocycles. The Bertz CT molecular complexity index is 676. The van der Waals surface area contributed by atoms with E-state index in [1.165, 1.54) is 31.4 Å². The number of hydrogen-bond acceptors (Lipinski definition) is 4. The van der Waals surface area contributed by atoms with E-state index in [4.69, 9.17) is 26.8 Å². The van der Waals surface area contributed by atoms with Crippen molar-refractivity contribution in [3.8, 4) is 5.75 Å². The minimum absolute atomic E-state index is 0.195. The Balaban J connectivity index is 2.09. The fraction of sp³-hybridized carbons (Fsp3) is 0.133. The van der Waals surface area contributed by atoms with Crippen LogP contribution in [0.5, 0.6) is 5.75 Å². The molecule has 0 atom stereocenters. The first kappa shape index (κ1) is 15.1. The van der Waals surface area contributed by atoms with Gasteiger partial charge >= 0.3 is 5.97 Å². The standard InChI is InChI=1S/C15H13ClFNO3/c1-20-13-5-10(4-12(18)7-13)15(19)21-8-9-2-3-11(16)6-14(9)17/h2-7H,8,18H2,1H3. The molecule has 0 aromatic heterocycles. The second-order valence-electron chi connectivity index (χ2n) is 4.31. The van der Waals surface area contributed by atoms with Gasteiger partial charge in [0.1, 0.15) is 18.2 Å². The Kier molecular flexibility index (Phi) is 4.65. The van der Waals surface area contributed by atoms with Gasteiger partial charge in [-0.1, -0.05) is 17.7 Å². The van der Waals surface area contributed by atoms with Crippen LogP contribution in [0.15, 0.2) is 36.4 Å². The number of esters is 1. The zero-order valence-electron chi connectivity index (χ0n) is 11.2. The highest BCUT2D eigenvalue weighted by atomic mass is 35.5. The summed E-state index contributed by atoms with van der Waals surface area (Å²) in [4.78, 5) is 11.9. The lowest BCUT2D eigenvalue weighted by molar-refractivity contribution is 0.0468. The van der Waals surface area contributed by atoms with Crippen LogP contribution in [0.4, 0.5) is 10.1 Å². The van der Waals surface area contributed by atoms with E-state index in [1.54, 1.807) is 6.07 Å². The molecule has 0 aliphatic rings. The molecule has 2 N–H and O–H groups in total. The minimum atomic E-state index is -0.616. The number of nitrogen functional groups attached to an aromatic ring is 1. The number of hydrogen-bond donors (Lipinski definition) is 1. The van der Waals surface area contributed by atoms with E-state index in [9.17, 15) is 9.18 Å². The molecule has 0 spiro atoms. The average Bonchev–Trinajstić information content (AvgIpc) is 2.45. The molecule has 0 bridgehead atoms. The van der Waals surface area contributed by atoms with Gasteiger partial charge in [-0.15, -0.1) is 0 Å². The molecular weight excluding hydrogens is 297 g/mol. The quantitative estimate of drug-likeness (QED) is 0.694. The van der Waals surface area contributed by atoms with Crippen LogP contribution >= 0.6 is 11.6 Å². The van der Waals surface area contributed by atoms with E-state index in [-0.39, 0.29) is 22.8 Å². The minimum Gasteiger partial charge on any atom is -0.497 e. The summed E-state index contributed by atoms with van der Waals surface area (Å²) in [5, 5.41) is 0.281. The van der Waals surface area contributed by atoms with E-state index in [1.807, 2.05) is 0 Å². The number of nitrogens with two attached hydrogens (primary N) is 1. The van der Waals surface area contributed by atoms with Crippen molar-refractivity contribution in [1.29, 1.82) is 0 Å². The van der Waals surface area contributed by atoms with E-state index in [2.05, 4.69) is 0 Å². The molecule has 2 rings (SSSR count). The molecule has 0 aliphatic carbocycles. The molecule has 0 fully saturated rings. The first-order valence-electron chi connectivity index (χ1n) is 6.05. The third kappa shape index (κ3) is 3.86. The van der Waals surface area contributed by atoms with Crippen molar-refractivity contribution in [2.45, 2.75) is 6.61 Å². The van der Waals surface area contributed by atoms with Crippen LogP contribution in [-0.4, -0.2) is 13.1 Å². The Morgan fingerprint density at radius 1 is 1.29 bits per heavy atom. The molecule has 0 radical (unpaired) electrons. The monoisotopic (exact) mass is 309 g/mol. The summed E-state index contributed by atoms with van der Waals surface area (Å²) in [5.41, 5.74) is 6.51. The van der Waals surface area contributed by atoms with Crippen LogP contribution in [-0.2, 0) is 11.3 Å². The van der Waals surface area contributed by atoms with Crippen LogP contribution in [0.3, 0.4) is 0 Å². The van der Waals surface area contributed by atoms with Crippen LogP contribution in [0.25, 0.3) is 0 Å². The lowest BCUT2D eigenvalue weighted by atomic mass is 10.2. The maximum absolute atomic E-state index is 13.6. The molecule has 0 amide bonds. The smallest absolute Gasteiger partial charge is 0.338 e. The lowest BCUT2D eigenvalue weighted by Crippen LogP contribution is -2.07. The molecule has 110 valence electrons. The Morgan fingerprint density at radius 2 is 2.05 bits per heavy atom. The van der Waals surface area contributed by atoms with Crippen LogP contribution in [0.1, 0.15) is 15.9 Å². The molecule has 4 nitrogen and oxygen atoms in total. The van der Waals surface area contributed by atoms with Crippen molar-refractivity contribution < 1.29 is 18.7 Å². The fourth-order valence-corrected chi connectivity index (χ4v) is 1.88. The summed E-state index contributed by atoms with van der Waals surface area (Å²) in [6.07, 6.45) is 0. The van der Waals surface area contributed by atoms with Gasteiger partial charge in [-0.05, 0) is 24.3 Å². The summed E-state index contributed by atoms with van der Waals surface area (Å²) in [6, 6.07) is 8.69. The van der Waals surface area contributed by atoms with Crippen molar-refractivity contribution in [3.63, 3.8) is 0 Å². The second-order valence-corrected chi connectivity index (χ2v) is 4.74. The van der Waals surface area contributed by atoms with Gasteiger partial charge in [0.2, 0.25) is 0 Å². The van der Waals surface area contributed by atoms with Gasteiger partial charge in [-0.2, -0.15) is 0 Å². The predicted octanol–water partition coefficient (Wildman–Crippen LogP) is 3.43. The SMILES string of the molecule is COc1cc(N)cc(C(=O)OCc2ccc(Cl)cc2F)c1. The normalized spacial score (nSPS) is 10.2. The highest BCUT2D eigenvalue weighted by molar-refractivity contribution is 6.30. The van der Waals surface area contributed by atoms with Gasteiger partial charge in [0.25, 0.3) is 0 Å². The highest BCUT2D eigenvalue weighted by Crippen LogP contribution is 2.20. The van der Waals surface area contributed by atoms with Crippen molar-refractivity contribution in [1.82, 2.24) is 0 Å². The number of benzene rings is 2. The Labute approximate surface area is 126 Å². The second kappa shape index (κ2) is 6.45.